The van der Waals surface area contributed by atoms with Gasteiger partial charge in [-0.05, 0) is 38.2 Å². The molecule has 1 aliphatic heterocycles. The highest BCUT2D eigenvalue weighted by Gasteiger charge is 2.35. The summed E-state index contributed by atoms with van der Waals surface area (Å²) >= 11 is 0. The molecule has 0 aromatic heterocycles. The summed E-state index contributed by atoms with van der Waals surface area (Å²) in [5.74, 6) is -3.00. The Morgan fingerprint density at radius 1 is 1.13 bits per heavy atom. The number of primary amides is 1. The Kier molecular flexibility index (Phi) is 17.1. The number of rotatable bonds is 8. The number of nitrogens with one attached hydrogen (secondary N) is 2. The van der Waals surface area contributed by atoms with Crippen molar-refractivity contribution in [1.82, 2.24) is 10.6 Å². The number of ketones is 2. The average Bonchev–Trinajstić information content (AvgIpc) is 3.01. The van der Waals surface area contributed by atoms with E-state index >= 15 is 0 Å². The van der Waals surface area contributed by atoms with E-state index in [2.05, 4.69) is 17.2 Å². The number of halogens is 1. The minimum Gasteiger partial charge on any atom is -0.458 e. The molecule has 13 nitrogen and oxygen atoms in total. The topological polar surface area (TPSA) is 198 Å². The number of nitrogens with two attached hydrogens (primary N) is 2. The lowest BCUT2D eigenvalue weighted by molar-refractivity contribution is -0.158. The van der Waals surface area contributed by atoms with Crippen LogP contribution in [0.2, 0.25) is 0 Å². The van der Waals surface area contributed by atoms with Crippen molar-refractivity contribution in [2.45, 2.75) is 65.0 Å². The van der Waals surface area contributed by atoms with E-state index in [1.165, 1.54) is 33.3 Å². The molecule has 2 aliphatic rings. The van der Waals surface area contributed by atoms with Gasteiger partial charge in [-0.3, -0.25) is 19.2 Å². The van der Waals surface area contributed by atoms with Crippen LogP contribution in [-0.2, 0) is 38.1 Å². The first-order valence-electron chi connectivity index (χ1n) is 14.9. The molecule has 0 fully saturated rings. The average molecular weight is 679 g/mol. The van der Waals surface area contributed by atoms with E-state index in [0.29, 0.717) is 12.0 Å². The molecule has 0 saturated carbocycles. The normalized spacial score (nSPS) is 29.1. The van der Waals surface area contributed by atoms with Crippen molar-refractivity contribution in [3.05, 3.63) is 71.1 Å². The Morgan fingerprint density at radius 2 is 1.81 bits per heavy atom. The molecule has 260 valence electrons. The fourth-order valence-corrected chi connectivity index (χ4v) is 5.32. The van der Waals surface area contributed by atoms with Crippen LogP contribution >= 0.6 is 12.4 Å². The molecule has 47 heavy (non-hydrogen) atoms. The van der Waals surface area contributed by atoms with Gasteiger partial charge in [0.25, 0.3) is 5.91 Å². The van der Waals surface area contributed by atoms with Gasteiger partial charge in [-0.15, -0.1) is 19.0 Å². The second-order valence-corrected chi connectivity index (χ2v) is 11.3. The van der Waals surface area contributed by atoms with Crippen molar-refractivity contribution in [2.75, 3.05) is 27.3 Å². The number of carbonyl (C=O) groups excluding carboxylic acids is 5. The quantitative estimate of drug-likeness (QED) is 0.167. The second kappa shape index (κ2) is 19.6. The Bertz CT molecular complexity index is 1350. The van der Waals surface area contributed by atoms with E-state index in [1.54, 1.807) is 32.1 Å². The summed E-state index contributed by atoms with van der Waals surface area (Å²) in [5, 5.41) is 5.52. The molecule has 2 rings (SSSR count). The van der Waals surface area contributed by atoms with E-state index in [1.807, 2.05) is 6.92 Å². The molecule has 2 amide bonds. The molecule has 6 atom stereocenters. The molecule has 0 radical (unpaired) electrons. The number of hydrogen-bond acceptors (Lipinski definition) is 11. The zero-order valence-corrected chi connectivity index (χ0v) is 28.5. The lowest BCUT2D eigenvalue weighted by Gasteiger charge is -2.32. The van der Waals surface area contributed by atoms with E-state index in [4.69, 9.17) is 30.4 Å². The molecule has 1 aliphatic carbocycles. The molecule has 2 bridgehead atoms. The van der Waals surface area contributed by atoms with Gasteiger partial charge in [0.1, 0.15) is 12.2 Å². The maximum atomic E-state index is 13.7. The van der Waals surface area contributed by atoms with Crippen LogP contribution in [0.5, 0.6) is 0 Å². The van der Waals surface area contributed by atoms with Gasteiger partial charge < -0.3 is 41.0 Å². The highest BCUT2D eigenvalue weighted by Crippen LogP contribution is 2.30. The van der Waals surface area contributed by atoms with Crippen molar-refractivity contribution >= 4 is 41.9 Å². The lowest BCUT2D eigenvalue weighted by Crippen LogP contribution is -2.41. The summed E-state index contributed by atoms with van der Waals surface area (Å²) in [7, 11) is 2.89. The molecular weight excluding hydrogens is 632 g/mol. The van der Waals surface area contributed by atoms with Gasteiger partial charge in [-0.1, -0.05) is 44.2 Å². The van der Waals surface area contributed by atoms with Gasteiger partial charge in [0.15, 0.2) is 6.10 Å². The molecule has 6 N–H and O–H groups in total. The van der Waals surface area contributed by atoms with Crippen LogP contribution in [0.4, 0.5) is 4.79 Å². The standard InChI is InChI=1S/C33H46N4O9.ClH/c1-8-12-36-28-22-13-18(2)14-26(44-7)31(45-27(39)17-34)21(5)15-20(4)30(46-33(35)42)25(43-6)11-9-10-19(3)32(41)37-23(29(22)40)16-24(28)38;/h8-11,15-16,18,21,25-26,30-31,36H,1,12-14,17,34H2,2-7H3,(H2,35,42)(H,37,41);1H/b11-9-,19-10+,20-15+;/t18-,21+,25+,26+,30+,31-;/m1./s1. The highest BCUT2D eigenvalue weighted by molar-refractivity contribution is 6.23. The smallest absolute Gasteiger partial charge is 0.405 e. The van der Waals surface area contributed by atoms with Crippen LogP contribution in [-0.4, -0.2) is 81.3 Å². The van der Waals surface area contributed by atoms with Crippen molar-refractivity contribution in [2.24, 2.45) is 23.3 Å². The summed E-state index contributed by atoms with van der Waals surface area (Å²) in [6.45, 7) is 10.5. The lowest BCUT2D eigenvalue weighted by atomic mass is 9.85. The van der Waals surface area contributed by atoms with Crippen LogP contribution in [0.25, 0.3) is 0 Å². The number of Topliss-reactive ketones (excluding diaryl/α,β-unsaturated/α-hetero) is 1. The fraction of sp³-hybridized carbons (Fsp3) is 0.485. The molecule has 1 heterocycles. The van der Waals surface area contributed by atoms with Gasteiger partial charge in [-0.25, -0.2) is 4.79 Å². The third-order valence-electron chi connectivity index (χ3n) is 7.62. The van der Waals surface area contributed by atoms with Crippen molar-refractivity contribution < 1.29 is 42.9 Å². The predicted octanol–water partition coefficient (Wildman–Crippen LogP) is 2.47. The van der Waals surface area contributed by atoms with Gasteiger partial charge in [0.05, 0.1) is 24.0 Å². The number of allylic oxidation sites excluding steroid dienone is 4. The van der Waals surface area contributed by atoms with Crippen LogP contribution in [0.15, 0.2) is 71.1 Å². The third kappa shape index (κ3) is 11.6. The highest BCUT2D eigenvalue weighted by atomic mass is 35.5. The molecule has 14 heteroatoms. The fourth-order valence-electron chi connectivity index (χ4n) is 5.32. The van der Waals surface area contributed by atoms with E-state index in [0.717, 1.165) is 6.08 Å². The van der Waals surface area contributed by atoms with Crippen LogP contribution < -0.4 is 22.1 Å². The number of esters is 1. The Hall–Kier alpha value is -4.04. The molecular formula is C33H47ClN4O9. The minimum atomic E-state index is -1.03. The SMILES string of the molecule is C=CCNC1=C2C[C@@H](C)C[C@H](OC)[C@H](OC(=O)CN)[C@@H](C)/C=C(\C)[C@H](OC(N)=O)[C@@H](OC)/C=C\C=C(/C)C(=O)NC(=CC1=O)C2=O.Cl. The molecule has 0 spiro atoms. The number of amides is 2. The van der Waals surface area contributed by atoms with Crippen molar-refractivity contribution in [3.63, 3.8) is 0 Å². The second-order valence-electron chi connectivity index (χ2n) is 11.3. The summed E-state index contributed by atoms with van der Waals surface area (Å²) in [6, 6.07) is 0. The number of ether oxygens (including phenoxy) is 4. The van der Waals surface area contributed by atoms with Crippen LogP contribution in [0.3, 0.4) is 0 Å². The zero-order valence-electron chi connectivity index (χ0n) is 27.7. The maximum Gasteiger partial charge on any atom is 0.405 e. The summed E-state index contributed by atoms with van der Waals surface area (Å²) in [5.41, 5.74) is 11.9. The van der Waals surface area contributed by atoms with Gasteiger partial charge in [-0.2, -0.15) is 0 Å². The van der Waals surface area contributed by atoms with Crippen molar-refractivity contribution in [1.29, 1.82) is 0 Å². The van der Waals surface area contributed by atoms with E-state index in [9.17, 15) is 24.0 Å². The van der Waals surface area contributed by atoms with E-state index < -0.39 is 59.9 Å². The maximum absolute atomic E-state index is 13.7. The molecule has 0 saturated heterocycles. The van der Waals surface area contributed by atoms with Crippen LogP contribution in [0, 0.1) is 11.8 Å². The van der Waals surface area contributed by atoms with E-state index in [-0.39, 0.29) is 60.4 Å². The molecule has 0 unspecified atom stereocenters. The number of hydrogen-bond donors (Lipinski definition) is 4. The van der Waals surface area contributed by atoms with Gasteiger partial charge >= 0.3 is 12.1 Å². The minimum absolute atomic E-state index is 0. The molecule has 0 aromatic rings. The Labute approximate surface area is 281 Å². The first kappa shape index (κ1) is 41.0. The third-order valence-corrected chi connectivity index (χ3v) is 7.62. The van der Waals surface area contributed by atoms with Crippen molar-refractivity contribution in [3.8, 4) is 0 Å². The number of fused-ring (bicyclic) bond motifs is 2. The summed E-state index contributed by atoms with van der Waals surface area (Å²) in [6.07, 6.45) is 5.07. The Balaban J connectivity index is 0.0000110. The predicted molar refractivity (Wildman–Crippen MR) is 178 cm³/mol. The van der Waals surface area contributed by atoms with Gasteiger partial charge in [0.2, 0.25) is 11.6 Å². The largest absolute Gasteiger partial charge is 0.458 e. The summed E-state index contributed by atoms with van der Waals surface area (Å²) < 4.78 is 22.6. The van der Waals surface area contributed by atoms with Crippen LogP contribution in [0.1, 0.15) is 40.5 Å². The van der Waals surface area contributed by atoms with Gasteiger partial charge in [0, 0.05) is 43.9 Å². The summed E-state index contributed by atoms with van der Waals surface area (Å²) in [4.78, 5) is 64.2. The number of methoxy groups -OCH3 is 2. The molecule has 0 aromatic carbocycles. The monoisotopic (exact) mass is 678 g/mol. The first-order chi connectivity index (χ1) is 21.8. The number of carbonyl (C=O) groups is 5. The zero-order chi connectivity index (χ0) is 34.6. The first-order valence-corrected chi connectivity index (χ1v) is 14.9. The Morgan fingerprint density at radius 3 is 2.38 bits per heavy atom.